The number of hydrogen-bond acceptors (Lipinski definition) is 4. The molecule has 1 fully saturated rings. The van der Waals surface area contributed by atoms with Gasteiger partial charge in [-0.3, -0.25) is 14.4 Å². The number of rotatable bonds is 7. The Morgan fingerprint density at radius 3 is 2.61 bits per heavy atom. The highest BCUT2D eigenvalue weighted by atomic mass is 16.5. The first-order chi connectivity index (χ1) is 13.5. The molecule has 152 valence electrons. The average Bonchev–Trinajstić information content (AvgIpc) is 2.97. The van der Waals surface area contributed by atoms with Gasteiger partial charge < -0.3 is 4.74 Å². The number of piperidine rings is 1. The van der Waals surface area contributed by atoms with Gasteiger partial charge in [0.2, 0.25) is 0 Å². The summed E-state index contributed by atoms with van der Waals surface area (Å²) in [6.07, 6.45) is 2.62. The van der Waals surface area contributed by atoms with Crippen molar-refractivity contribution in [2.75, 3.05) is 19.7 Å². The van der Waals surface area contributed by atoms with E-state index in [0.29, 0.717) is 6.61 Å². The van der Waals surface area contributed by atoms with Crippen molar-refractivity contribution in [1.82, 2.24) is 14.7 Å². The van der Waals surface area contributed by atoms with E-state index < -0.39 is 5.41 Å². The topological polar surface area (TPSA) is 47.4 Å². The molecular weight excluding hydrogens is 350 g/mol. The molecule has 0 saturated carbocycles. The van der Waals surface area contributed by atoms with Crippen LogP contribution in [0.4, 0.5) is 0 Å². The van der Waals surface area contributed by atoms with Crippen LogP contribution in [0.15, 0.2) is 30.3 Å². The highest BCUT2D eigenvalue weighted by Crippen LogP contribution is 2.36. The lowest BCUT2D eigenvalue weighted by molar-refractivity contribution is -0.159. The molecule has 5 nitrogen and oxygen atoms in total. The van der Waals surface area contributed by atoms with E-state index in [4.69, 9.17) is 4.74 Å². The first-order valence-corrected chi connectivity index (χ1v) is 10.5. The third-order valence-electron chi connectivity index (χ3n) is 5.96. The molecule has 1 aliphatic rings. The van der Waals surface area contributed by atoms with Crippen LogP contribution in [0.2, 0.25) is 0 Å². The van der Waals surface area contributed by atoms with E-state index in [2.05, 4.69) is 47.6 Å². The van der Waals surface area contributed by atoms with Gasteiger partial charge in [0.1, 0.15) is 0 Å². The summed E-state index contributed by atoms with van der Waals surface area (Å²) in [5.74, 6) is -0.0544. The van der Waals surface area contributed by atoms with Crippen LogP contribution >= 0.6 is 0 Å². The van der Waals surface area contributed by atoms with Gasteiger partial charge in [0, 0.05) is 30.9 Å². The van der Waals surface area contributed by atoms with Crippen molar-refractivity contribution in [3.8, 4) is 0 Å². The molecule has 0 bridgehead atoms. The largest absolute Gasteiger partial charge is 0.466 e. The van der Waals surface area contributed by atoms with Crippen molar-refractivity contribution in [3.63, 3.8) is 0 Å². The summed E-state index contributed by atoms with van der Waals surface area (Å²) >= 11 is 0. The van der Waals surface area contributed by atoms with E-state index in [0.717, 1.165) is 51.1 Å². The highest BCUT2D eigenvalue weighted by Gasteiger charge is 2.43. The zero-order valence-electron chi connectivity index (χ0n) is 17.7. The fraction of sp³-hybridized carbons (Fsp3) is 0.565. The van der Waals surface area contributed by atoms with Crippen molar-refractivity contribution in [3.05, 3.63) is 52.8 Å². The smallest absolute Gasteiger partial charge is 0.313 e. The number of benzene rings is 1. The van der Waals surface area contributed by atoms with Gasteiger partial charge in [-0.15, -0.1) is 0 Å². The van der Waals surface area contributed by atoms with Crippen LogP contribution in [0.5, 0.6) is 0 Å². The maximum Gasteiger partial charge on any atom is 0.313 e. The number of carbonyl (C=O) groups is 1. The van der Waals surface area contributed by atoms with Gasteiger partial charge in [-0.25, -0.2) is 0 Å². The molecule has 28 heavy (non-hydrogen) atoms. The van der Waals surface area contributed by atoms with Gasteiger partial charge in [-0.1, -0.05) is 30.3 Å². The Hall–Kier alpha value is -2.14. The Bertz CT molecular complexity index is 800. The number of carbonyl (C=O) groups excluding carboxylic acids is 1. The second-order valence-corrected chi connectivity index (χ2v) is 7.94. The van der Waals surface area contributed by atoms with Crippen molar-refractivity contribution in [2.45, 2.75) is 60.0 Å². The molecule has 0 aliphatic carbocycles. The Balaban J connectivity index is 1.83. The molecule has 1 aromatic heterocycles. The minimum absolute atomic E-state index is 0.0544. The van der Waals surface area contributed by atoms with Crippen LogP contribution in [-0.2, 0) is 29.0 Å². The molecule has 0 unspecified atom stereocenters. The summed E-state index contributed by atoms with van der Waals surface area (Å²) in [5.41, 5.74) is 4.34. The van der Waals surface area contributed by atoms with Crippen LogP contribution in [0, 0.1) is 19.3 Å². The first kappa shape index (κ1) is 20.6. The van der Waals surface area contributed by atoms with Crippen LogP contribution in [0.25, 0.3) is 0 Å². The molecule has 3 rings (SSSR count). The number of aryl methyl sites for hydroxylation is 2. The minimum atomic E-state index is -0.474. The quantitative estimate of drug-likeness (QED) is 0.680. The maximum atomic E-state index is 13.0. The van der Waals surface area contributed by atoms with E-state index in [-0.39, 0.29) is 5.97 Å². The van der Waals surface area contributed by atoms with Crippen LogP contribution in [0.1, 0.15) is 49.2 Å². The molecule has 0 N–H and O–H groups in total. The van der Waals surface area contributed by atoms with E-state index in [1.165, 1.54) is 16.8 Å². The predicted octanol–water partition coefficient (Wildman–Crippen LogP) is 3.91. The Kier molecular flexibility index (Phi) is 6.55. The lowest BCUT2D eigenvalue weighted by Crippen LogP contribution is -2.49. The molecule has 5 heteroatoms. The second-order valence-electron chi connectivity index (χ2n) is 7.94. The van der Waals surface area contributed by atoms with Crippen LogP contribution in [-0.4, -0.2) is 40.3 Å². The maximum absolute atomic E-state index is 13.0. The second kappa shape index (κ2) is 8.91. The number of esters is 1. The number of nitrogens with zero attached hydrogens (tertiary/aromatic N) is 3. The monoisotopic (exact) mass is 383 g/mol. The number of ether oxygens (including phenoxy) is 1. The zero-order valence-corrected chi connectivity index (χ0v) is 17.7. The fourth-order valence-corrected chi connectivity index (χ4v) is 4.51. The van der Waals surface area contributed by atoms with Gasteiger partial charge >= 0.3 is 5.97 Å². The highest BCUT2D eigenvalue weighted by molar-refractivity contribution is 5.77. The summed E-state index contributed by atoms with van der Waals surface area (Å²) in [6, 6.07) is 10.3. The zero-order chi connectivity index (χ0) is 20.1. The minimum Gasteiger partial charge on any atom is -0.466 e. The molecule has 0 radical (unpaired) electrons. The van der Waals surface area contributed by atoms with Gasteiger partial charge in [0.05, 0.1) is 17.7 Å². The lowest BCUT2D eigenvalue weighted by Gasteiger charge is -2.41. The Labute approximate surface area is 168 Å². The van der Waals surface area contributed by atoms with Crippen molar-refractivity contribution < 1.29 is 9.53 Å². The van der Waals surface area contributed by atoms with Gasteiger partial charge in [0.25, 0.3) is 0 Å². The predicted molar refractivity (Wildman–Crippen MR) is 111 cm³/mol. The molecule has 0 amide bonds. The van der Waals surface area contributed by atoms with E-state index >= 15 is 0 Å². The van der Waals surface area contributed by atoms with E-state index in [1.807, 2.05) is 25.1 Å². The molecule has 1 aromatic carbocycles. The van der Waals surface area contributed by atoms with Gasteiger partial charge in [-0.2, -0.15) is 5.10 Å². The third-order valence-corrected chi connectivity index (χ3v) is 5.96. The molecule has 0 spiro atoms. The third kappa shape index (κ3) is 4.30. The molecular formula is C23H33N3O2. The molecule has 1 atom stereocenters. The molecule has 1 saturated heterocycles. The number of likely N-dealkylation sites (tertiary alicyclic amines) is 1. The van der Waals surface area contributed by atoms with Crippen molar-refractivity contribution in [2.24, 2.45) is 5.41 Å². The molecule has 1 aliphatic heterocycles. The summed E-state index contributed by atoms with van der Waals surface area (Å²) in [6.45, 7) is 12.1. The van der Waals surface area contributed by atoms with Crippen LogP contribution in [0.3, 0.4) is 0 Å². The first-order valence-electron chi connectivity index (χ1n) is 10.5. The van der Waals surface area contributed by atoms with E-state index in [1.54, 1.807) is 0 Å². The summed E-state index contributed by atoms with van der Waals surface area (Å²) in [4.78, 5) is 15.5. The van der Waals surface area contributed by atoms with E-state index in [9.17, 15) is 4.79 Å². The normalized spacial score (nSPS) is 20.3. The van der Waals surface area contributed by atoms with Gasteiger partial charge in [-0.05, 0) is 59.1 Å². The summed E-state index contributed by atoms with van der Waals surface area (Å²) in [7, 11) is 0. The Morgan fingerprint density at radius 2 is 1.96 bits per heavy atom. The summed E-state index contributed by atoms with van der Waals surface area (Å²) in [5, 5.41) is 4.66. The number of aromatic nitrogens is 2. The lowest BCUT2D eigenvalue weighted by atomic mass is 9.75. The van der Waals surface area contributed by atoms with Crippen molar-refractivity contribution >= 4 is 5.97 Å². The molecule has 2 heterocycles. The SMILES string of the molecule is CCOC(=O)[C@]1(Cc2ccccc2)CCCN(Cc2c(C)nn(CC)c2C)C1. The Morgan fingerprint density at radius 1 is 1.21 bits per heavy atom. The average molecular weight is 384 g/mol. The van der Waals surface area contributed by atoms with Crippen LogP contribution < -0.4 is 0 Å². The fourth-order valence-electron chi connectivity index (χ4n) is 4.51. The van der Waals surface area contributed by atoms with Crippen molar-refractivity contribution in [1.29, 1.82) is 0 Å². The standard InChI is InChI=1S/C23H33N3O2/c1-5-26-19(4)21(18(3)24-26)16-25-14-10-13-23(17-25,22(27)28-6-2)15-20-11-8-7-9-12-20/h7-9,11-12H,5-6,10,13-17H2,1-4H3/t23-/m0/s1. The van der Waals surface area contributed by atoms with Gasteiger partial charge in [0.15, 0.2) is 0 Å². The number of hydrogen-bond donors (Lipinski definition) is 0. The molecule has 2 aromatic rings. The summed E-state index contributed by atoms with van der Waals surface area (Å²) < 4.78 is 7.61.